The molecule has 2 heteroatoms. The van der Waals surface area contributed by atoms with Gasteiger partial charge >= 0.3 is 0 Å². The van der Waals surface area contributed by atoms with Gasteiger partial charge in [0.1, 0.15) is 0 Å². The Bertz CT molecular complexity index is 142. The van der Waals surface area contributed by atoms with Gasteiger partial charge in [-0.05, 0) is 31.6 Å². The number of halogens is 1. The lowest BCUT2D eigenvalue weighted by Gasteiger charge is -2.39. The molecule has 2 rings (SSSR count). The molecule has 1 N–H and O–H groups in total. The van der Waals surface area contributed by atoms with Gasteiger partial charge in [-0.15, -0.1) is 0 Å². The van der Waals surface area contributed by atoms with Crippen LogP contribution >= 0.6 is 15.9 Å². The molecule has 1 heterocycles. The maximum atomic E-state index is 3.76. The van der Waals surface area contributed by atoms with Crippen LogP contribution in [0.1, 0.15) is 25.7 Å². The van der Waals surface area contributed by atoms with Gasteiger partial charge in [0.25, 0.3) is 0 Å². The van der Waals surface area contributed by atoms with E-state index in [9.17, 15) is 0 Å². The number of fused-ring (bicyclic) bond motifs is 1. The van der Waals surface area contributed by atoms with E-state index in [0.717, 1.165) is 16.7 Å². The van der Waals surface area contributed by atoms with Crippen molar-refractivity contribution in [1.82, 2.24) is 0 Å². The average Bonchev–Trinajstić information content (AvgIpc) is 2.05. The van der Waals surface area contributed by atoms with E-state index in [0.29, 0.717) is 0 Å². The van der Waals surface area contributed by atoms with Crippen LogP contribution in [0.4, 0.5) is 0 Å². The predicted molar refractivity (Wildman–Crippen MR) is 54.8 cm³/mol. The molecule has 0 aromatic carbocycles. The SMILES string of the molecule is C[NH+]1CC[C@H]2C[C@H](Br)CC[C@@H]2C1. The number of quaternary nitrogens is 1. The minimum atomic E-state index is 0.831. The molecule has 0 bridgehead atoms. The van der Waals surface area contributed by atoms with E-state index in [-0.39, 0.29) is 0 Å². The summed E-state index contributed by atoms with van der Waals surface area (Å²) in [6.45, 7) is 2.84. The summed E-state index contributed by atoms with van der Waals surface area (Å²) in [5, 5.41) is 0. The third-order valence-corrected chi connectivity index (χ3v) is 4.46. The van der Waals surface area contributed by atoms with Crippen molar-refractivity contribution >= 4 is 15.9 Å². The van der Waals surface area contributed by atoms with Crippen LogP contribution in [-0.4, -0.2) is 25.0 Å². The van der Waals surface area contributed by atoms with Crippen LogP contribution in [0.2, 0.25) is 0 Å². The van der Waals surface area contributed by atoms with E-state index in [1.807, 2.05) is 0 Å². The lowest BCUT2D eigenvalue weighted by Crippen LogP contribution is -3.11. The Morgan fingerprint density at radius 1 is 1.17 bits per heavy atom. The zero-order valence-electron chi connectivity index (χ0n) is 7.85. The topological polar surface area (TPSA) is 4.44 Å². The lowest BCUT2D eigenvalue weighted by atomic mass is 9.75. The third kappa shape index (κ3) is 1.85. The minimum absolute atomic E-state index is 0.831. The molecule has 0 aromatic rings. The van der Waals surface area contributed by atoms with E-state index in [2.05, 4.69) is 23.0 Å². The lowest BCUT2D eigenvalue weighted by molar-refractivity contribution is -0.890. The number of rotatable bonds is 0. The van der Waals surface area contributed by atoms with Crippen molar-refractivity contribution in [3.8, 4) is 0 Å². The van der Waals surface area contributed by atoms with Gasteiger partial charge in [-0.1, -0.05) is 15.9 Å². The first-order valence-electron chi connectivity index (χ1n) is 5.21. The molecule has 1 aliphatic carbocycles. The monoisotopic (exact) mass is 232 g/mol. The highest BCUT2D eigenvalue weighted by molar-refractivity contribution is 9.09. The van der Waals surface area contributed by atoms with Gasteiger partial charge in [-0.2, -0.15) is 0 Å². The molecule has 4 atom stereocenters. The summed E-state index contributed by atoms with van der Waals surface area (Å²) >= 11 is 3.76. The zero-order valence-corrected chi connectivity index (χ0v) is 9.44. The van der Waals surface area contributed by atoms with Gasteiger partial charge in [0, 0.05) is 10.7 Å². The van der Waals surface area contributed by atoms with Gasteiger partial charge in [0.15, 0.2) is 0 Å². The average molecular weight is 233 g/mol. The fraction of sp³-hybridized carbons (Fsp3) is 1.00. The van der Waals surface area contributed by atoms with Crippen LogP contribution in [0.3, 0.4) is 0 Å². The second-order valence-electron chi connectivity index (χ2n) is 4.63. The molecule has 0 aromatic heterocycles. The Morgan fingerprint density at radius 3 is 2.83 bits per heavy atom. The smallest absolute Gasteiger partial charge is 0.0800 e. The summed E-state index contributed by atoms with van der Waals surface area (Å²) in [7, 11) is 2.34. The second kappa shape index (κ2) is 3.67. The quantitative estimate of drug-likeness (QED) is 0.597. The number of alkyl halides is 1. The fourth-order valence-corrected chi connectivity index (χ4v) is 3.62. The third-order valence-electron chi connectivity index (χ3n) is 3.63. The highest BCUT2D eigenvalue weighted by Gasteiger charge is 2.34. The highest BCUT2D eigenvalue weighted by atomic mass is 79.9. The second-order valence-corrected chi connectivity index (χ2v) is 5.93. The number of piperidine rings is 1. The summed E-state index contributed by atoms with van der Waals surface area (Å²) in [6, 6.07) is 0. The maximum absolute atomic E-state index is 3.76. The minimum Gasteiger partial charge on any atom is -0.337 e. The predicted octanol–water partition coefficient (Wildman–Crippen LogP) is 1.08. The molecule has 0 radical (unpaired) electrons. The van der Waals surface area contributed by atoms with Crippen molar-refractivity contribution < 1.29 is 4.90 Å². The van der Waals surface area contributed by atoms with E-state index in [1.165, 1.54) is 38.8 Å². The van der Waals surface area contributed by atoms with Gasteiger partial charge in [0.2, 0.25) is 0 Å². The van der Waals surface area contributed by atoms with E-state index in [1.54, 1.807) is 4.90 Å². The molecular formula is C10H19BrN+. The van der Waals surface area contributed by atoms with E-state index >= 15 is 0 Å². The Morgan fingerprint density at radius 2 is 2.00 bits per heavy atom. The largest absolute Gasteiger partial charge is 0.337 e. The van der Waals surface area contributed by atoms with Crippen LogP contribution in [0.15, 0.2) is 0 Å². The molecule has 0 amide bonds. The molecule has 2 aliphatic rings. The summed E-state index contributed by atoms with van der Waals surface area (Å²) in [5.74, 6) is 2.10. The molecule has 12 heavy (non-hydrogen) atoms. The Balaban J connectivity index is 1.94. The number of hydrogen-bond acceptors (Lipinski definition) is 0. The normalized spacial score (nSPS) is 48.5. The molecule has 1 unspecified atom stereocenters. The van der Waals surface area contributed by atoms with Crippen molar-refractivity contribution in [3.63, 3.8) is 0 Å². The molecule has 1 saturated carbocycles. The molecule has 1 saturated heterocycles. The van der Waals surface area contributed by atoms with Crippen molar-refractivity contribution in [2.24, 2.45) is 11.8 Å². The van der Waals surface area contributed by atoms with E-state index in [4.69, 9.17) is 0 Å². The van der Waals surface area contributed by atoms with Crippen LogP contribution in [0.25, 0.3) is 0 Å². The Labute approximate surface area is 83.6 Å². The summed E-state index contributed by atoms with van der Waals surface area (Å²) in [6.07, 6.45) is 5.79. The number of likely N-dealkylation sites (tertiary alicyclic amines) is 1. The first-order chi connectivity index (χ1) is 5.75. The Kier molecular flexibility index (Phi) is 2.75. The van der Waals surface area contributed by atoms with Crippen molar-refractivity contribution in [1.29, 1.82) is 0 Å². The first kappa shape index (κ1) is 9.01. The zero-order chi connectivity index (χ0) is 8.55. The highest BCUT2D eigenvalue weighted by Crippen LogP contribution is 2.35. The van der Waals surface area contributed by atoms with Crippen LogP contribution in [0.5, 0.6) is 0 Å². The Hall–Kier alpha value is 0.440. The molecule has 70 valence electrons. The number of hydrogen-bond donors (Lipinski definition) is 1. The molecule has 1 aliphatic heterocycles. The maximum Gasteiger partial charge on any atom is 0.0800 e. The molecule has 2 fully saturated rings. The van der Waals surface area contributed by atoms with Crippen LogP contribution in [-0.2, 0) is 0 Å². The first-order valence-corrected chi connectivity index (χ1v) is 6.12. The van der Waals surface area contributed by atoms with Crippen molar-refractivity contribution in [2.45, 2.75) is 30.5 Å². The van der Waals surface area contributed by atoms with Gasteiger partial charge in [-0.25, -0.2) is 0 Å². The van der Waals surface area contributed by atoms with E-state index < -0.39 is 0 Å². The molecule has 1 nitrogen and oxygen atoms in total. The summed E-state index contributed by atoms with van der Waals surface area (Å²) < 4.78 is 0. The summed E-state index contributed by atoms with van der Waals surface area (Å²) in [5.41, 5.74) is 0. The van der Waals surface area contributed by atoms with Crippen LogP contribution < -0.4 is 4.90 Å². The molecule has 0 spiro atoms. The van der Waals surface area contributed by atoms with Gasteiger partial charge < -0.3 is 4.90 Å². The number of nitrogens with one attached hydrogen (secondary N) is 1. The standard InChI is InChI=1S/C10H18BrN/c1-12-5-4-8-6-10(11)3-2-9(8)7-12/h8-10H,2-7H2,1H3/p+1/t8-,9+,10+/m0/s1. The van der Waals surface area contributed by atoms with Crippen molar-refractivity contribution in [3.05, 3.63) is 0 Å². The molecular weight excluding hydrogens is 214 g/mol. The van der Waals surface area contributed by atoms with Gasteiger partial charge in [-0.3, -0.25) is 0 Å². The van der Waals surface area contributed by atoms with Crippen LogP contribution in [0, 0.1) is 11.8 Å². The van der Waals surface area contributed by atoms with Gasteiger partial charge in [0.05, 0.1) is 20.1 Å². The van der Waals surface area contributed by atoms with Crippen molar-refractivity contribution in [2.75, 3.05) is 20.1 Å². The fourth-order valence-electron chi connectivity index (χ4n) is 2.87. The summed E-state index contributed by atoms with van der Waals surface area (Å²) in [4.78, 5) is 2.58.